The second-order valence-corrected chi connectivity index (χ2v) is 8.97. The van der Waals surface area contributed by atoms with Gasteiger partial charge in [0.15, 0.2) is 0 Å². The first-order valence-corrected chi connectivity index (χ1v) is 12.2. The number of rotatable bonds is 8. The van der Waals surface area contributed by atoms with E-state index in [-0.39, 0.29) is 55.7 Å². The van der Waals surface area contributed by atoms with Crippen LogP contribution >= 0.6 is 0 Å². The van der Waals surface area contributed by atoms with Gasteiger partial charge >= 0.3 is 23.9 Å². The Morgan fingerprint density at radius 1 is 0.667 bits per heavy atom. The fraction of sp³-hybridized carbons (Fsp3) is 0.826. The van der Waals surface area contributed by atoms with Crippen molar-refractivity contribution in [2.45, 2.75) is 19.1 Å². The van der Waals surface area contributed by atoms with Crippen molar-refractivity contribution in [3.8, 4) is 0 Å². The number of nitrogens with one attached hydrogen (secondary N) is 1. The molecule has 0 amide bonds. The van der Waals surface area contributed by atoms with Crippen LogP contribution in [0.1, 0.15) is 6.92 Å². The lowest BCUT2D eigenvalue weighted by Gasteiger charge is -2.37. The van der Waals surface area contributed by atoms with Crippen LogP contribution in [-0.2, 0) is 38.1 Å². The van der Waals surface area contributed by atoms with Gasteiger partial charge in [0.1, 0.15) is 6.10 Å². The predicted molar refractivity (Wildman–Crippen MR) is 129 cm³/mol. The second-order valence-electron chi connectivity index (χ2n) is 8.97. The highest BCUT2D eigenvalue weighted by Gasteiger charge is 2.35. The molecular formula is C23H41N5O8. The molecule has 0 aliphatic carbocycles. The number of ether oxygens (including phenoxy) is 4. The van der Waals surface area contributed by atoms with Crippen LogP contribution < -0.4 is 5.32 Å². The molecule has 13 heteroatoms. The molecule has 1 N–H and O–H groups in total. The summed E-state index contributed by atoms with van der Waals surface area (Å²) in [7, 11) is 4.07. The Labute approximate surface area is 212 Å². The number of hydrogen-bond acceptors (Lipinski definition) is 13. The van der Waals surface area contributed by atoms with Gasteiger partial charge in [-0.15, -0.1) is 0 Å². The number of nitrogens with zero attached hydrogens (tertiary/aromatic N) is 4. The highest BCUT2D eigenvalue weighted by molar-refractivity contribution is 5.72. The van der Waals surface area contributed by atoms with E-state index in [1.54, 1.807) is 0 Å². The highest BCUT2D eigenvalue weighted by atomic mass is 16.5. The van der Waals surface area contributed by atoms with E-state index in [0.717, 1.165) is 0 Å². The first-order valence-electron chi connectivity index (χ1n) is 12.2. The topological polar surface area (TPSA) is 130 Å². The summed E-state index contributed by atoms with van der Waals surface area (Å²) in [6.07, 6.45) is -0.283. The number of hydrogen-bond donors (Lipinski definition) is 1. The standard InChI is InChI=1S/C23H41N5O8/c1-18(29)36-20-14-24-13-19(20)28-11-9-26(16-22(31)34-3)7-5-25(15-21(30)33-2)6-8-27(10-12-28)17-23(32)35-4/h19-20,24H,5-17H2,1-4H3/t19-,20-/m1/s1. The molecule has 2 rings (SSSR count). The second kappa shape index (κ2) is 15.7. The van der Waals surface area contributed by atoms with Crippen LogP contribution in [0, 0.1) is 0 Å². The van der Waals surface area contributed by atoms with Gasteiger partial charge in [-0.05, 0) is 0 Å². The van der Waals surface area contributed by atoms with E-state index in [4.69, 9.17) is 18.9 Å². The van der Waals surface area contributed by atoms with Gasteiger partial charge in [0.05, 0.1) is 47.0 Å². The minimum Gasteiger partial charge on any atom is -0.468 e. The predicted octanol–water partition coefficient (Wildman–Crippen LogP) is -2.37. The van der Waals surface area contributed by atoms with E-state index in [0.29, 0.717) is 65.4 Å². The van der Waals surface area contributed by atoms with E-state index in [1.807, 2.05) is 14.7 Å². The summed E-state index contributed by atoms with van der Waals surface area (Å²) in [6, 6.07) is -0.0346. The SMILES string of the molecule is COC(=O)CN1CCN(CC(=O)OC)CCN([C@@H]2CNC[C@H]2OC(C)=O)CCN(CC(=O)OC)CC1. The van der Waals surface area contributed by atoms with Crippen LogP contribution in [-0.4, -0.2) is 162 Å². The zero-order valence-corrected chi connectivity index (χ0v) is 21.9. The molecule has 2 saturated heterocycles. The van der Waals surface area contributed by atoms with Crippen molar-refractivity contribution < 1.29 is 38.1 Å². The largest absolute Gasteiger partial charge is 0.468 e. The van der Waals surface area contributed by atoms with Crippen molar-refractivity contribution in [1.82, 2.24) is 24.9 Å². The summed E-state index contributed by atoms with van der Waals surface area (Å²) < 4.78 is 20.2. The Morgan fingerprint density at radius 2 is 1.06 bits per heavy atom. The first kappa shape index (κ1) is 29.9. The lowest BCUT2D eigenvalue weighted by Crippen LogP contribution is -2.53. The minimum absolute atomic E-state index is 0.0346. The lowest BCUT2D eigenvalue weighted by molar-refractivity contribution is -0.148. The summed E-state index contributed by atoms with van der Waals surface area (Å²) in [5.41, 5.74) is 0. The van der Waals surface area contributed by atoms with Crippen LogP contribution in [0.3, 0.4) is 0 Å². The maximum Gasteiger partial charge on any atom is 0.319 e. The van der Waals surface area contributed by atoms with Gasteiger partial charge in [-0.3, -0.25) is 38.8 Å². The lowest BCUT2D eigenvalue weighted by atomic mass is 10.1. The quantitative estimate of drug-likeness (QED) is 0.273. The van der Waals surface area contributed by atoms with Gasteiger partial charge in [-0.25, -0.2) is 0 Å². The Hall–Kier alpha value is -2.32. The molecule has 36 heavy (non-hydrogen) atoms. The molecular weight excluding hydrogens is 474 g/mol. The molecule has 0 saturated carbocycles. The average Bonchev–Trinajstić information content (AvgIpc) is 3.30. The van der Waals surface area contributed by atoms with E-state index < -0.39 is 0 Å². The van der Waals surface area contributed by atoms with Gasteiger partial charge in [0.2, 0.25) is 0 Å². The molecule has 2 fully saturated rings. The molecule has 2 atom stereocenters. The summed E-state index contributed by atoms with van der Waals surface area (Å²) >= 11 is 0. The Balaban J connectivity index is 2.22. The van der Waals surface area contributed by atoms with Crippen LogP contribution in [0.25, 0.3) is 0 Å². The van der Waals surface area contributed by atoms with Gasteiger partial charge in [0.25, 0.3) is 0 Å². The fourth-order valence-electron chi connectivity index (χ4n) is 4.44. The molecule has 13 nitrogen and oxygen atoms in total. The third-order valence-electron chi connectivity index (χ3n) is 6.53. The molecule has 0 aromatic rings. The molecule has 2 heterocycles. The molecule has 0 spiro atoms. The van der Waals surface area contributed by atoms with Crippen molar-refractivity contribution >= 4 is 23.9 Å². The summed E-state index contributed by atoms with van der Waals surface area (Å²) in [5.74, 6) is -1.35. The normalized spacial score (nSPS) is 23.8. The number of esters is 4. The Kier molecular flexibility index (Phi) is 13.1. The highest BCUT2D eigenvalue weighted by Crippen LogP contribution is 2.14. The van der Waals surface area contributed by atoms with Crippen LogP contribution in [0.15, 0.2) is 0 Å². The number of carbonyl (C=O) groups is 4. The molecule has 2 aliphatic heterocycles. The van der Waals surface area contributed by atoms with Crippen LogP contribution in [0.4, 0.5) is 0 Å². The smallest absolute Gasteiger partial charge is 0.319 e. The third-order valence-corrected chi connectivity index (χ3v) is 6.53. The van der Waals surface area contributed by atoms with Crippen molar-refractivity contribution in [3.63, 3.8) is 0 Å². The average molecular weight is 516 g/mol. The molecule has 0 radical (unpaired) electrons. The fourth-order valence-corrected chi connectivity index (χ4v) is 4.44. The zero-order valence-electron chi connectivity index (χ0n) is 21.9. The maximum absolute atomic E-state index is 12.1. The Bertz CT molecular complexity index is 705. The van der Waals surface area contributed by atoms with Gasteiger partial charge < -0.3 is 24.3 Å². The number of methoxy groups -OCH3 is 3. The van der Waals surface area contributed by atoms with E-state index in [2.05, 4.69) is 10.2 Å². The van der Waals surface area contributed by atoms with Crippen molar-refractivity contribution in [2.24, 2.45) is 0 Å². The van der Waals surface area contributed by atoms with Gasteiger partial charge in [0, 0.05) is 72.4 Å². The molecule has 0 aromatic heterocycles. The van der Waals surface area contributed by atoms with Crippen molar-refractivity contribution in [2.75, 3.05) is 106 Å². The monoisotopic (exact) mass is 515 g/mol. The molecule has 0 aromatic carbocycles. The minimum atomic E-state index is -0.349. The summed E-state index contributed by atoms with van der Waals surface area (Å²) in [6.45, 7) is 7.50. The van der Waals surface area contributed by atoms with Crippen molar-refractivity contribution in [3.05, 3.63) is 0 Å². The summed E-state index contributed by atoms with van der Waals surface area (Å²) in [5, 5.41) is 3.30. The van der Waals surface area contributed by atoms with Crippen LogP contribution in [0.5, 0.6) is 0 Å². The molecule has 0 bridgehead atoms. The molecule has 0 unspecified atom stereocenters. The van der Waals surface area contributed by atoms with Gasteiger partial charge in [-0.1, -0.05) is 0 Å². The first-order chi connectivity index (χ1) is 17.2. The zero-order chi connectivity index (χ0) is 26.5. The van der Waals surface area contributed by atoms with Crippen LogP contribution in [0.2, 0.25) is 0 Å². The molecule has 206 valence electrons. The maximum atomic E-state index is 12.1. The Morgan fingerprint density at radius 3 is 1.42 bits per heavy atom. The number of carbonyl (C=O) groups excluding carboxylic acids is 4. The third kappa shape index (κ3) is 10.3. The van der Waals surface area contributed by atoms with E-state index >= 15 is 0 Å². The van der Waals surface area contributed by atoms with E-state index in [9.17, 15) is 19.2 Å². The summed E-state index contributed by atoms with van der Waals surface area (Å²) in [4.78, 5) is 56.0. The van der Waals surface area contributed by atoms with Crippen molar-refractivity contribution in [1.29, 1.82) is 0 Å². The van der Waals surface area contributed by atoms with Gasteiger partial charge in [-0.2, -0.15) is 0 Å². The molecule has 2 aliphatic rings. The van der Waals surface area contributed by atoms with E-state index in [1.165, 1.54) is 28.3 Å².